The molecule has 0 spiro atoms. The summed E-state index contributed by atoms with van der Waals surface area (Å²) >= 11 is 0. The predicted molar refractivity (Wildman–Crippen MR) is 101 cm³/mol. The Labute approximate surface area is 153 Å². The first-order valence-corrected chi connectivity index (χ1v) is 9.64. The highest BCUT2D eigenvalue weighted by atomic mass is 32.2. The van der Waals surface area contributed by atoms with E-state index >= 15 is 0 Å². The van der Waals surface area contributed by atoms with E-state index in [9.17, 15) is 13.7 Å². The van der Waals surface area contributed by atoms with Crippen molar-refractivity contribution in [2.75, 3.05) is 26.2 Å². The molecule has 0 saturated carbocycles. The minimum absolute atomic E-state index is 0.0355. The Kier molecular flexibility index (Phi) is 4.86. The molecule has 7 heteroatoms. The van der Waals surface area contributed by atoms with Crippen LogP contribution in [0.25, 0.3) is 22.0 Å². The minimum atomic E-state index is -1.25. The molecule has 136 valence electrons. The van der Waals surface area contributed by atoms with Crippen molar-refractivity contribution in [3.8, 4) is 11.1 Å². The zero-order chi connectivity index (χ0) is 18.1. The van der Waals surface area contributed by atoms with Gasteiger partial charge in [-0.2, -0.15) is 0 Å². The number of aliphatic hydroxyl groups excluding tert-OH is 1. The molecule has 2 atom stereocenters. The standard InChI is InChI=1S/C19H20FN3O2S/c20-14-3-6-17-18(10-22-19(17)9-14)13-1-4-16(5-2-13)26(25)23-8-7-21-15(11-23)12-24/h1-6,9-10,15,21-22,24H,7-8,11-12H2. The number of nitrogens with zero attached hydrogens (tertiary/aromatic N) is 1. The lowest BCUT2D eigenvalue weighted by atomic mass is 10.1. The third kappa shape index (κ3) is 3.31. The maximum absolute atomic E-state index is 13.3. The fourth-order valence-electron chi connectivity index (χ4n) is 3.31. The molecule has 1 saturated heterocycles. The number of piperazine rings is 1. The highest BCUT2D eigenvalue weighted by Gasteiger charge is 2.23. The number of hydrogen-bond donors (Lipinski definition) is 3. The number of nitrogens with one attached hydrogen (secondary N) is 2. The van der Waals surface area contributed by atoms with E-state index in [0.717, 1.165) is 26.9 Å². The van der Waals surface area contributed by atoms with Gasteiger partial charge in [-0.1, -0.05) is 12.1 Å². The largest absolute Gasteiger partial charge is 0.395 e. The van der Waals surface area contributed by atoms with Gasteiger partial charge in [-0.15, -0.1) is 0 Å². The quantitative estimate of drug-likeness (QED) is 0.657. The van der Waals surface area contributed by atoms with Crippen molar-refractivity contribution in [3.05, 3.63) is 54.5 Å². The van der Waals surface area contributed by atoms with Crippen molar-refractivity contribution in [2.45, 2.75) is 10.9 Å². The zero-order valence-corrected chi connectivity index (χ0v) is 14.9. The third-order valence-corrected chi connectivity index (χ3v) is 6.16. The molecule has 1 fully saturated rings. The van der Waals surface area contributed by atoms with E-state index < -0.39 is 11.0 Å². The summed E-state index contributed by atoms with van der Waals surface area (Å²) in [5, 5.41) is 13.4. The molecule has 4 rings (SSSR count). The number of hydrogen-bond acceptors (Lipinski definition) is 3. The number of H-pyrrole nitrogens is 1. The second-order valence-electron chi connectivity index (χ2n) is 6.39. The van der Waals surface area contributed by atoms with Crippen LogP contribution in [0.15, 0.2) is 53.6 Å². The van der Waals surface area contributed by atoms with Crippen LogP contribution in [-0.4, -0.2) is 50.9 Å². The van der Waals surface area contributed by atoms with Crippen LogP contribution in [0.5, 0.6) is 0 Å². The van der Waals surface area contributed by atoms with Gasteiger partial charge < -0.3 is 15.4 Å². The first-order valence-electron chi connectivity index (χ1n) is 8.54. The molecule has 3 N–H and O–H groups in total. The van der Waals surface area contributed by atoms with Crippen LogP contribution in [0.1, 0.15) is 0 Å². The lowest BCUT2D eigenvalue weighted by molar-refractivity contribution is 0.198. The summed E-state index contributed by atoms with van der Waals surface area (Å²) in [5.41, 5.74) is 2.72. The van der Waals surface area contributed by atoms with Gasteiger partial charge in [0.25, 0.3) is 0 Å². The molecular weight excluding hydrogens is 353 g/mol. The van der Waals surface area contributed by atoms with Gasteiger partial charge in [0, 0.05) is 48.3 Å². The molecule has 2 heterocycles. The summed E-state index contributed by atoms with van der Waals surface area (Å²) in [6, 6.07) is 12.2. The molecule has 0 radical (unpaired) electrons. The normalized spacial score (nSPS) is 19.7. The number of benzene rings is 2. The molecular formula is C19H20FN3O2S. The summed E-state index contributed by atoms with van der Waals surface area (Å²) in [6.07, 6.45) is 1.86. The number of rotatable bonds is 4. The molecule has 3 aromatic rings. The van der Waals surface area contributed by atoms with Crippen LogP contribution in [0.4, 0.5) is 4.39 Å². The maximum atomic E-state index is 13.3. The summed E-state index contributed by atoms with van der Waals surface area (Å²) in [4.78, 5) is 3.82. The summed E-state index contributed by atoms with van der Waals surface area (Å²) < 4.78 is 28.0. The van der Waals surface area contributed by atoms with Gasteiger partial charge in [0.15, 0.2) is 0 Å². The number of aromatic amines is 1. The van der Waals surface area contributed by atoms with Gasteiger partial charge in [-0.3, -0.25) is 0 Å². The second kappa shape index (κ2) is 7.28. The smallest absolute Gasteiger partial charge is 0.127 e. The van der Waals surface area contributed by atoms with Gasteiger partial charge in [-0.25, -0.2) is 12.9 Å². The van der Waals surface area contributed by atoms with Crippen molar-refractivity contribution >= 4 is 21.9 Å². The summed E-state index contributed by atoms with van der Waals surface area (Å²) in [6.45, 7) is 1.98. The zero-order valence-electron chi connectivity index (χ0n) is 14.1. The van der Waals surface area contributed by atoms with Crippen molar-refractivity contribution in [3.63, 3.8) is 0 Å². The molecule has 0 aliphatic carbocycles. The van der Waals surface area contributed by atoms with Crippen LogP contribution in [0, 0.1) is 5.82 Å². The molecule has 2 unspecified atom stereocenters. The van der Waals surface area contributed by atoms with Crippen molar-refractivity contribution < 1.29 is 13.7 Å². The molecule has 1 aromatic heterocycles. The Morgan fingerprint density at radius 3 is 2.81 bits per heavy atom. The Balaban J connectivity index is 1.57. The van der Waals surface area contributed by atoms with E-state index in [2.05, 4.69) is 10.3 Å². The monoisotopic (exact) mass is 373 g/mol. The number of aromatic nitrogens is 1. The van der Waals surface area contributed by atoms with Gasteiger partial charge in [0.05, 0.1) is 11.5 Å². The molecule has 0 amide bonds. The van der Waals surface area contributed by atoms with Gasteiger partial charge >= 0.3 is 0 Å². The first-order chi connectivity index (χ1) is 12.7. The number of halogens is 1. The van der Waals surface area contributed by atoms with E-state index in [4.69, 9.17) is 0 Å². The predicted octanol–water partition coefficient (Wildman–Crippen LogP) is 2.26. The van der Waals surface area contributed by atoms with Gasteiger partial charge in [-0.05, 0) is 35.9 Å². The van der Waals surface area contributed by atoms with Crippen LogP contribution in [0.3, 0.4) is 0 Å². The Morgan fingerprint density at radius 1 is 1.23 bits per heavy atom. The topological polar surface area (TPSA) is 68.4 Å². The highest BCUT2D eigenvalue weighted by Crippen LogP contribution is 2.29. The fraction of sp³-hybridized carbons (Fsp3) is 0.263. The Bertz CT molecular complexity index is 942. The molecule has 1 aliphatic rings. The fourth-order valence-corrected chi connectivity index (χ4v) is 4.54. The minimum Gasteiger partial charge on any atom is -0.395 e. The van der Waals surface area contributed by atoms with E-state index in [0.29, 0.717) is 19.6 Å². The molecule has 5 nitrogen and oxygen atoms in total. The first kappa shape index (κ1) is 17.4. The second-order valence-corrected chi connectivity index (χ2v) is 7.87. The average molecular weight is 373 g/mol. The van der Waals surface area contributed by atoms with Crippen molar-refractivity contribution in [1.29, 1.82) is 0 Å². The molecule has 26 heavy (non-hydrogen) atoms. The molecule has 0 bridgehead atoms. The molecule has 1 aliphatic heterocycles. The van der Waals surface area contributed by atoms with Crippen molar-refractivity contribution in [1.82, 2.24) is 14.6 Å². The summed E-state index contributed by atoms with van der Waals surface area (Å²) in [5.74, 6) is -0.270. The SMILES string of the molecule is O=S(c1ccc(-c2c[nH]c3cc(F)ccc23)cc1)N1CCNC(CO)C1. The van der Waals surface area contributed by atoms with E-state index in [1.807, 2.05) is 34.8 Å². The number of aliphatic hydroxyl groups is 1. The van der Waals surface area contributed by atoms with Crippen LogP contribution >= 0.6 is 0 Å². The third-order valence-electron chi connectivity index (χ3n) is 4.68. The van der Waals surface area contributed by atoms with Gasteiger partial charge in [0.1, 0.15) is 16.8 Å². The van der Waals surface area contributed by atoms with Crippen molar-refractivity contribution in [2.24, 2.45) is 0 Å². The molecule has 2 aromatic carbocycles. The number of fused-ring (bicyclic) bond motifs is 1. The maximum Gasteiger partial charge on any atom is 0.127 e. The van der Waals surface area contributed by atoms with Crippen LogP contribution < -0.4 is 5.32 Å². The van der Waals surface area contributed by atoms with Gasteiger partial charge in [0.2, 0.25) is 0 Å². The van der Waals surface area contributed by atoms with E-state index in [-0.39, 0.29) is 18.5 Å². The van der Waals surface area contributed by atoms with E-state index in [1.54, 1.807) is 6.07 Å². The lowest BCUT2D eigenvalue weighted by Gasteiger charge is -2.31. The Hall–Kier alpha value is -2.06. The average Bonchev–Trinajstić information content (AvgIpc) is 3.10. The summed E-state index contributed by atoms with van der Waals surface area (Å²) in [7, 11) is -1.25. The Morgan fingerprint density at radius 2 is 2.04 bits per heavy atom. The highest BCUT2D eigenvalue weighted by molar-refractivity contribution is 7.82. The van der Waals surface area contributed by atoms with Crippen LogP contribution in [0.2, 0.25) is 0 Å². The van der Waals surface area contributed by atoms with E-state index in [1.165, 1.54) is 12.1 Å². The van der Waals surface area contributed by atoms with Crippen LogP contribution in [-0.2, 0) is 11.0 Å². The lowest BCUT2D eigenvalue weighted by Crippen LogP contribution is -2.52.